The van der Waals surface area contributed by atoms with Gasteiger partial charge in [-0.2, -0.15) is 0 Å². The van der Waals surface area contributed by atoms with Crippen molar-refractivity contribution in [3.63, 3.8) is 0 Å². The molecule has 0 saturated carbocycles. The van der Waals surface area contributed by atoms with Crippen LogP contribution in [-0.4, -0.2) is 6.54 Å². The van der Waals surface area contributed by atoms with Gasteiger partial charge in [-0.1, -0.05) is 32.9 Å². The number of benzene rings is 1. The summed E-state index contributed by atoms with van der Waals surface area (Å²) in [6.07, 6.45) is 0. The maximum absolute atomic E-state index is 5.93. The van der Waals surface area contributed by atoms with E-state index >= 15 is 0 Å². The predicted octanol–water partition coefficient (Wildman–Crippen LogP) is 3.97. The second-order valence-corrected chi connectivity index (χ2v) is 4.86. The number of furan rings is 1. The molecule has 0 unspecified atom stereocenters. The molecule has 2 heteroatoms. The Labute approximate surface area is 103 Å². The first-order valence-corrected chi connectivity index (χ1v) is 6.36. The van der Waals surface area contributed by atoms with E-state index < -0.39 is 0 Å². The van der Waals surface area contributed by atoms with Crippen molar-refractivity contribution in [2.24, 2.45) is 0 Å². The third-order valence-corrected chi connectivity index (χ3v) is 3.14. The molecule has 2 nitrogen and oxygen atoms in total. The lowest BCUT2D eigenvalue weighted by atomic mass is 9.97. The molecule has 0 bridgehead atoms. The van der Waals surface area contributed by atoms with E-state index in [2.05, 4.69) is 51.2 Å². The fourth-order valence-electron chi connectivity index (χ4n) is 2.17. The molecule has 1 N–H and O–H groups in total. The molecule has 0 atom stereocenters. The second kappa shape index (κ2) is 4.92. The van der Waals surface area contributed by atoms with E-state index in [1.807, 2.05) is 0 Å². The van der Waals surface area contributed by atoms with Gasteiger partial charge in [0.25, 0.3) is 0 Å². The van der Waals surface area contributed by atoms with Crippen LogP contribution >= 0.6 is 0 Å². The molecule has 92 valence electrons. The minimum absolute atomic E-state index is 0.530. The van der Waals surface area contributed by atoms with Crippen LogP contribution in [0.5, 0.6) is 0 Å². The summed E-state index contributed by atoms with van der Waals surface area (Å²) in [7, 11) is 0. The van der Waals surface area contributed by atoms with Crippen molar-refractivity contribution in [2.45, 2.75) is 40.2 Å². The zero-order chi connectivity index (χ0) is 12.4. The molecule has 0 aliphatic rings. The molecule has 1 heterocycles. The molecule has 0 aliphatic carbocycles. The highest BCUT2D eigenvalue weighted by Crippen LogP contribution is 2.30. The third-order valence-electron chi connectivity index (χ3n) is 3.14. The third kappa shape index (κ3) is 2.37. The predicted molar refractivity (Wildman–Crippen MR) is 72.4 cm³/mol. The van der Waals surface area contributed by atoms with Crippen LogP contribution in [-0.2, 0) is 6.54 Å². The van der Waals surface area contributed by atoms with Crippen LogP contribution in [0.2, 0.25) is 0 Å². The number of nitrogens with one attached hydrogen (secondary N) is 1. The first-order valence-electron chi connectivity index (χ1n) is 6.36. The summed E-state index contributed by atoms with van der Waals surface area (Å²) in [6.45, 7) is 10.4. The molecule has 2 aromatic rings. The lowest BCUT2D eigenvalue weighted by molar-refractivity contribution is 0.518. The van der Waals surface area contributed by atoms with Crippen molar-refractivity contribution in [3.05, 3.63) is 35.1 Å². The summed E-state index contributed by atoms with van der Waals surface area (Å²) in [5, 5.41) is 4.57. The van der Waals surface area contributed by atoms with Crippen LogP contribution in [0.4, 0.5) is 0 Å². The Morgan fingerprint density at radius 3 is 2.71 bits per heavy atom. The summed E-state index contributed by atoms with van der Waals surface area (Å²) in [5.41, 5.74) is 3.63. The van der Waals surface area contributed by atoms with Gasteiger partial charge in [-0.25, -0.2) is 0 Å². The topological polar surface area (TPSA) is 25.2 Å². The van der Waals surface area contributed by atoms with Crippen LogP contribution in [0.15, 0.2) is 22.6 Å². The van der Waals surface area contributed by atoms with Gasteiger partial charge in [0, 0.05) is 5.39 Å². The molecule has 1 aromatic heterocycles. The maximum Gasteiger partial charge on any atom is 0.137 e. The van der Waals surface area contributed by atoms with Crippen molar-refractivity contribution in [3.8, 4) is 0 Å². The highest BCUT2D eigenvalue weighted by Gasteiger charge is 2.12. The van der Waals surface area contributed by atoms with Gasteiger partial charge < -0.3 is 9.73 Å². The van der Waals surface area contributed by atoms with Gasteiger partial charge in [0.1, 0.15) is 11.3 Å². The molecular formula is C15H21NO. The average Bonchev–Trinajstić information content (AvgIpc) is 2.71. The standard InChI is InChI=1S/C15H21NO/c1-5-16-9-12-8-14-13(10(2)3)7-6-11(4)15(14)17-12/h6-8,10,16H,5,9H2,1-4H3. The van der Waals surface area contributed by atoms with Crippen LogP contribution < -0.4 is 5.32 Å². The summed E-state index contributed by atoms with van der Waals surface area (Å²) in [4.78, 5) is 0. The van der Waals surface area contributed by atoms with Gasteiger partial charge in [-0.3, -0.25) is 0 Å². The Bertz CT molecular complexity index is 511. The highest BCUT2D eigenvalue weighted by atomic mass is 16.3. The first-order chi connectivity index (χ1) is 8.13. The Hall–Kier alpha value is -1.28. The minimum Gasteiger partial charge on any atom is -0.459 e. The first kappa shape index (κ1) is 12.2. The van der Waals surface area contributed by atoms with Crippen molar-refractivity contribution in [1.82, 2.24) is 5.32 Å². The summed E-state index contributed by atoms with van der Waals surface area (Å²) in [5.74, 6) is 1.56. The molecule has 0 fully saturated rings. The molecule has 0 radical (unpaired) electrons. The monoisotopic (exact) mass is 231 g/mol. The van der Waals surface area contributed by atoms with Crippen LogP contribution in [0, 0.1) is 6.92 Å². The summed E-state index contributed by atoms with van der Waals surface area (Å²) in [6, 6.07) is 6.55. The van der Waals surface area contributed by atoms with Crippen LogP contribution in [0.1, 0.15) is 43.6 Å². The van der Waals surface area contributed by atoms with Gasteiger partial charge in [0.05, 0.1) is 6.54 Å². The largest absolute Gasteiger partial charge is 0.459 e. The molecule has 17 heavy (non-hydrogen) atoms. The van der Waals surface area contributed by atoms with Crippen LogP contribution in [0.25, 0.3) is 11.0 Å². The van der Waals surface area contributed by atoms with E-state index in [1.165, 1.54) is 16.5 Å². The van der Waals surface area contributed by atoms with Crippen LogP contribution in [0.3, 0.4) is 0 Å². The fraction of sp³-hybridized carbons (Fsp3) is 0.467. The van der Waals surface area contributed by atoms with Crippen molar-refractivity contribution in [2.75, 3.05) is 6.54 Å². The lowest BCUT2D eigenvalue weighted by Crippen LogP contribution is -2.10. The highest BCUT2D eigenvalue weighted by molar-refractivity contribution is 5.85. The molecule has 0 amide bonds. The minimum atomic E-state index is 0.530. The van der Waals surface area contributed by atoms with E-state index in [-0.39, 0.29) is 0 Å². The molecule has 0 aliphatic heterocycles. The Morgan fingerprint density at radius 1 is 1.29 bits per heavy atom. The number of fused-ring (bicyclic) bond motifs is 1. The van der Waals surface area contributed by atoms with Gasteiger partial charge in [-0.15, -0.1) is 0 Å². The smallest absolute Gasteiger partial charge is 0.137 e. The van der Waals surface area contributed by atoms with Crippen molar-refractivity contribution < 1.29 is 4.42 Å². The number of rotatable bonds is 4. The molecule has 0 saturated heterocycles. The van der Waals surface area contributed by atoms with Crippen molar-refractivity contribution in [1.29, 1.82) is 0 Å². The van der Waals surface area contributed by atoms with Gasteiger partial charge in [-0.05, 0) is 36.6 Å². The van der Waals surface area contributed by atoms with E-state index in [0.717, 1.165) is 24.4 Å². The Balaban J connectivity index is 2.49. The maximum atomic E-state index is 5.93. The lowest BCUT2D eigenvalue weighted by Gasteiger charge is -2.07. The number of hydrogen-bond acceptors (Lipinski definition) is 2. The van der Waals surface area contributed by atoms with E-state index in [0.29, 0.717) is 5.92 Å². The molecule has 0 spiro atoms. The number of hydrogen-bond donors (Lipinski definition) is 1. The number of aryl methyl sites for hydroxylation is 1. The molecule has 2 rings (SSSR count). The zero-order valence-corrected chi connectivity index (χ0v) is 11.1. The van der Waals surface area contributed by atoms with Gasteiger partial charge in [0.15, 0.2) is 0 Å². The molecular weight excluding hydrogens is 210 g/mol. The van der Waals surface area contributed by atoms with Gasteiger partial charge in [0.2, 0.25) is 0 Å². The molecule has 1 aromatic carbocycles. The summed E-state index contributed by atoms with van der Waals surface area (Å²) >= 11 is 0. The van der Waals surface area contributed by atoms with Gasteiger partial charge >= 0.3 is 0 Å². The Kier molecular flexibility index (Phi) is 3.53. The normalized spacial score (nSPS) is 11.6. The van der Waals surface area contributed by atoms with Crippen molar-refractivity contribution >= 4 is 11.0 Å². The quantitative estimate of drug-likeness (QED) is 0.861. The van der Waals surface area contributed by atoms with E-state index in [1.54, 1.807) is 0 Å². The second-order valence-electron chi connectivity index (χ2n) is 4.86. The summed E-state index contributed by atoms with van der Waals surface area (Å²) < 4.78 is 5.93. The van der Waals surface area contributed by atoms with E-state index in [4.69, 9.17) is 4.42 Å². The van der Waals surface area contributed by atoms with E-state index in [9.17, 15) is 0 Å². The average molecular weight is 231 g/mol. The fourth-order valence-corrected chi connectivity index (χ4v) is 2.17. The zero-order valence-electron chi connectivity index (χ0n) is 11.1. The Morgan fingerprint density at radius 2 is 2.06 bits per heavy atom. The SMILES string of the molecule is CCNCc1cc2c(C(C)C)ccc(C)c2o1.